The summed E-state index contributed by atoms with van der Waals surface area (Å²) < 4.78 is 24.6. The van der Waals surface area contributed by atoms with Gasteiger partial charge in [0.2, 0.25) is 0 Å². The molecule has 0 saturated heterocycles. The van der Waals surface area contributed by atoms with Crippen LogP contribution in [0.3, 0.4) is 0 Å². The molecule has 0 bridgehead atoms. The third-order valence-corrected chi connectivity index (χ3v) is 2.65. The van der Waals surface area contributed by atoms with E-state index in [2.05, 4.69) is 19.2 Å². The molecule has 0 heterocycles. The molecule has 1 aromatic rings. The molecule has 90 valence electrons. The average Bonchev–Trinajstić information content (AvgIpc) is 2.27. The van der Waals surface area contributed by atoms with Gasteiger partial charge in [-0.2, -0.15) is 0 Å². The molecule has 1 unspecified atom stereocenters. The van der Waals surface area contributed by atoms with Gasteiger partial charge >= 0.3 is 0 Å². The van der Waals surface area contributed by atoms with Crippen LogP contribution >= 0.6 is 0 Å². The van der Waals surface area contributed by atoms with E-state index in [1.54, 1.807) is 12.1 Å². The molecule has 3 heteroatoms. The third-order valence-electron chi connectivity index (χ3n) is 2.65. The van der Waals surface area contributed by atoms with E-state index < -0.39 is 6.43 Å². The van der Waals surface area contributed by atoms with Crippen LogP contribution in [0.4, 0.5) is 8.78 Å². The van der Waals surface area contributed by atoms with E-state index in [9.17, 15) is 8.78 Å². The molecule has 0 aliphatic heterocycles. The highest BCUT2D eigenvalue weighted by Crippen LogP contribution is 2.19. The van der Waals surface area contributed by atoms with Crippen molar-refractivity contribution in [2.75, 3.05) is 6.54 Å². The van der Waals surface area contributed by atoms with Crippen LogP contribution in [0.2, 0.25) is 0 Å². The first kappa shape index (κ1) is 13.1. The van der Waals surface area contributed by atoms with Gasteiger partial charge in [0.05, 0.1) is 0 Å². The lowest BCUT2D eigenvalue weighted by atomic mass is 10.0. The highest BCUT2D eigenvalue weighted by molar-refractivity contribution is 5.23. The summed E-state index contributed by atoms with van der Waals surface area (Å²) in [6, 6.07) is 7.08. The number of rotatable bonds is 6. The molecule has 0 aromatic heterocycles. The Balaban J connectivity index is 2.43. The summed E-state index contributed by atoms with van der Waals surface area (Å²) >= 11 is 0. The van der Waals surface area contributed by atoms with E-state index in [1.165, 1.54) is 12.1 Å². The maximum absolute atomic E-state index is 12.3. The lowest BCUT2D eigenvalue weighted by molar-refractivity contribution is 0.151. The first-order chi connectivity index (χ1) is 7.63. The third kappa shape index (κ3) is 4.27. The van der Waals surface area contributed by atoms with Crippen molar-refractivity contribution < 1.29 is 8.78 Å². The minimum atomic E-state index is -2.37. The Bertz CT molecular complexity index is 295. The Morgan fingerprint density at radius 3 is 2.31 bits per heavy atom. The Morgan fingerprint density at radius 1 is 1.19 bits per heavy atom. The van der Waals surface area contributed by atoms with Crippen molar-refractivity contribution in [3.63, 3.8) is 0 Å². The van der Waals surface area contributed by atoms with Crippen molar-refractivity contribution in [3.05, 3.63) is 35.4 Å². The molecule has 0 fully saturated rings. The van der Waals surface area contributed by atoms with E-state index in [1.807, 2.05) is 0 Å². The van der Waals surface area contributed by atoms with E-state index >= 15 is 0 Å². The normalized spacial score (nSPS) is 13.1. The number of halogens is 2. The maximum Gasteiger partial charge on any atom is 0.263 e. The molecule has 0 saturated carbocycles. The van der Waals surface area contributed by atoms with E-state index in [4.69, 9.17) is 0 Å². The minimum absolute atomic E-state index is 0.100. The van der Waals surface area contributed by atoms with Crippen molar-refractivity contribution in [1.82, 2.24) is 5.32 Å². The minimum Gasteiger partial charge on any atom is -0.315 e. The Labute approximate surface area is 95.9 Å². The van der Waals surface area contributed by atoms with Crippen LogP contribution in [0.25, 0.3) is 0 Å². The zero-order chi connectivity index (χ0) is 12.0. The zero-order valence-electron chi connectivity index (χ0n) is 9.84. The van der Waals surface area contributed by atoms with Crippen molar-refractivity contribution in [3.8, 4) is 0 Å². The fourth-order valence-corrected chi connectivity index (χ4v) is 1.66. The highest BCUT2D eigenvalue weighted by atomic mass is 19.3. The summed E-state index contributed by atoms with van der Waals surface area (Å²) in [5.41, 5.74) is 1.22. The van der Waals surface area contributed by atoms with Crippen LogP contribution in [-0.4, -0.2) is 12.6 Å². The molecule has 0 amide bonds. The summed E-state index contributed by atoms with van der Waals surface area (Å²) in [6.45, 7) is 5.18. The van der Waals surface area contributed by atoms with Crippen LogP contribution in [0.5, 0.6) is 0 Å². The van der Waals surface area contributed by atoms with Gasteiger partial charge in [0.1, 0.15) is 0 Å². The van der Waals surface area contributed by atoms with Gasteiger partial charge in [-0.1, -0.05) is 31.2 Å². The molecule has 1 N–H and O–H groups in total. The smallest absolute Gasteiger partial charge is 0.263 e. The first-order valence-electron chi connectivity index (χ1n) is 5.73. The van der Waals surface area contributed by atoms with Crippen molar-refractivity contribution in [1.29, 1.82) is 0 Å². The standard InChI is InChI=1S/C13H19F2N/c1-3-16-10(2)4-5-11-6-8-12(9-7-11)13(14)15/h6-10,13,16H,3-5H2,1-2H3. The molecule has 1 nitrogen and oxygen atoms in total. The van der Waals surface area contributed by atoms with Crippen LogP contribution in [0.1, 0.15) is 37.8 Å². The van der Waals surface area contributed by atoms with Crippen LogP contribution in [-0.2, 0) is 6.42 Å². The second-order valence-corrected chi connectivity index (χ2v) is 4.04. The average molecular weight is 227 g/mol. The monoisotopic (exact) mass is 227 g/mol. The molecule has 1 aromatic carbocycles. The number of hydrogen-bond acceptors (Lipinski definition) is 1. The van der Waals surface area contributed by atoms with Crippen LogP contribution < -0.4 is 5.32 Å². The second kappa shape index (κ2) is 6.59. The van der Waals surface area contributed by atoms with Gasteiger partial charge in [0.15, 0.2) is 0 Å². The van der Waals surface area contributed by atoms with Crippen molar-refractivity contribution >= 4 is 0 Å². The maximum atomic E-state index is 12.3. The molecule has 0 radical (unpaired) electrons. The Morgan fingerprint density at radius 2 is 1.81 bits per heavy atom. The topological polar surface area (TPSA) is 12.0 Å². The number of aryl methyl sites for hydroxylation is 1. The van der Waals surface area contributed by atoms with Crippen molar-refractivity contribution in [2.45, 2.75) is 39.2 Å². The van der Waals surface area contributed by atoms with Gasteiger partial charge in [-0.05, 0) is 31.9 Å². The number of nitrogens with one attached hydrogen (secondary N) is 1. The molecular weight excluding hydrogens is 208 g/mol. The van der Waals surface area contributed by atoms with Gasteiger partial charge in [-0.25, -0.2) is 8.78 Å². The fourth-order valence-electron chi connectivity index (χ4n) is 1.66. The molecule has 0 aliphatic rings. The molecule has 1 rings (SSSR count). The first-order valence-corrected chi connectivity index (χ1v) is 5.73. The number of hydrogen-bond donors (Lipinski definition) is 1. The van der Waals surface area contributed by atoms with Crippen molar-refractivity contribution in [2.24, 2.45) is 0 Å². The Hall–Kier alpha value is -0.960. The highest BCUT2D eigenvalue weighted by Gasteiger charge is 2.06. The van der Waals surface area contributed by atoms with Gasteiger partial charge in [0.25, 0.3) is 6.43 Å². The largest absolute Gasteiger partial charge is 0.315 e. The lowest BCUT2D eigenvalue weighted by Crippen LogP contribution is -2.25. The van der Waals surface area contributed by atoms with E-state index in [0.717, 1.165) is 24.9 Å². The Kier molecular flexibility index (Phi) is 5.39. The summed E-state index contributed by atoms with van der Waals surface area (Å²) in [5.74, 6) is 0. The summed E-state index contributed by atoms with van der Waals surface area (Å²) in [4.78, 5) is 0. The van der Waals surface area contributed by atoms with Crippen LogP contribution in [0.15, 0.2) is 24.3 Å². The predicted molar refractivity (Wildman–Crippen MR) is 62.9 cm³/mol. The quantitative estimate of drug-likeness (QED) is 0.783. The summed E-state index contributed by atoms with van der Waals surface area (Å²) in [7, 11) is 0. The second-order valence-electron chi connectivity index (χ2n) is 4.04. The van der Waals surface area contributed by atoms with Gasteiger partial charge in [0, 0.05) is 11.6 Å². The summed E-state index contributed by atoms with van der Waals surface area (Å²) in [5, 5.41) is 3.33. The zero-order valence-corrected chi connectivity index (χ0v) is 9.84. The molecule has 16 heavy (non-hydrogen) atoms. The number of alkyl halides is 2. The predicted octanol–water partition coefficient (Wildman–Crippen LogP) is 3.55. The lowest BCUT2D eigenvalue weighted by Gasteiger charge is -2.11. The molecule has 0 spiro atoms. The fraction of sp³-hybridized carbons (Fsp3) is 0.538. The molecule has 0 aliphatic carbocycles. The van der Waals surface area contributed by atoms with E-state index in [0.29, 0.717) is 6.04 Å². The van der Waals surface area contributed by atoms with Gasteiger partial charge in [-0.3, -0.25) is 0 Å². The van der Waals surface area contributed by atoms with Gasteiger partial charge in [-0.15, -0.1) is 0 Å². The van der Waals surface area contributed by atoms with E-state index in [-0.39, 0.29) is 5.56 Å². The molecule has 1 atom stereocenters. The number of benzene rings is 1. The molecular formula is C13H19F2N. The summed E-state index contributed by atoms with van der Waals surface area (Å²) in [6.07, 6.45) is -0.408. The van der Waals surface area contributed by atoms with Crippen LogP contribution in [0, 0.1) is 0 Å². The SMILES string of the molecule is CCNC(C)CCc1ccc(C(F)F)cc1. The van der Waals surface area contributed by atoms with Gasteiger partial charge < -0.3 is 5.32 Å².